The van der Waals surface area contributed by atoms with Crippen molar-refractivity contribution in [3.8, 4) is 0 Å². The summed E-state index contributed by atoms with van der Waals surface area (Å²) in [6.07, 6.45) is 0.729. The molecule has 0 aromatic heterocycles. The summed E-state index contributed by atoms with van der Waals surface area (Å²) in [4.78, 5) is 0. The predicted octanol–water partition coefficient (Wildman–Crippen LogP) is 2.34. The van der Waals surface area contributed by atoms with Crippen molar-refractivity contribution in [2.75, 3.05) is 6.54 Å². The number of halogens is 2. The van der Waals surface area contributed by atoms with Crippen LogP contribution in [0.25, 0.3) is 0 Å². The van der Waals surface area contributed by atoms with Gasteiger partial charge in [-0.2, -0.15) is 0 Å². The van der Waals surface area contributed by atoms with Crippen LogP contribution < -0.4 is 11.5 Å². The van der Waals surface area contributed by atoms with Crippen LogP contribution >= 0.6 is 0 Å². The highest BCUT2D eigenvalue weighted by atomic mass is 19.2. The molecule has 0 heterocycles. The maximum atomic E-state index is 13.1. The Kier molecular flexibility index (Phi) is 3.99. The van der Waals surface area contributed by atoms with E-state index in [1.165, 1.54) is 6.07 Å². The van der Waals surface area contributed by atoms with Gasteiger partial charge in [-0.25, -0.2) is 8.78 Å². The fraction of sp³-hybridized carbons (Fsp3) is 0.500. The molecule has 1 rings (SSSR count). The average molecular weight is 228 g/mol. The van der Waals surface area contributed by atoms with Gasteiger partial charge in [0.1, 0.15) is 0 Å². The summed E-state index contributed by atoms with van der Waals surface area (Å²) < 4.78 is 25.8. The summed E-state index contributed by atoms with van der Waals surface area (Å²) in [7, 11) is 0. The molecule has 1 aromatic rings. The van der Waals surface area contributed by atoms with Gasteiger partial charge in [0.2, 0.25) is 0 Å². The van der Waals surface area contributed by atoms with E-state index in [1.807, 2.05) is 13.8 Å². The monoisotopic (exact) mass is 228 g/mol. The topological polar surface area (TPSA) is 52.0 Å². The molecule has 0 bridgehead atoms. The van der Waals surface area contributed by atoms with Crippen molar-refractivity contribution in [2.24, 2.45) is 16.9 Å². The molecule has 1 unspecified atom stereocenters. The lowest BCUT2D eigenvalue weighted by atomic mass is 9.78. The van der Waals surface area contributed by atoms with Crippen molar-refractivity contribution in [3.63, 3.8) is 0 Å². The van der Waals surface area contributed by atoms with Crippen LogP contribution in [-0.2, 0) is 0 Å². The first-order chi connectivity index (χ1) is 7.38. The van der Waals surface area contributed by atoms with Gasteiger partial charge in [0.25, 0.3) is 0 Å². The highest BCUT2D eigenvalue weighted by Crippen LogP contribution is 2.34. The SMILES string of the molecule is CC(C)(CCN)C(N)c1ccc(F)c(F)c1. The summed E-state index contributed by atoms with van der Waals surface area (Å²) in [5.41, 5.74) is 11.9. The van der Waals surface area contributed by atoms with Crippen LogP contribution in [0.2, 0.25) is 0 Å². The number of benzene rings is 1. The number of rotatable bonds is 4. The molecule has 0 aliphatic heterocycles. The third kappa shape index (κ3) is 2.77. The van der Waals surface area contributed by atoms with Gasteiger partial charge in [0.15, 0.2) is 11.6 Å². The Morgan fingerprint density at radius 1 is 1.25 bits per heavy atom. The third-order valence-electron chi connectivity index (χ3n) is 2.93. The van der Waals surface area contributed by atoms with Gasteiger partial charge in [-0.15, -0.1) is 0 Å². The highest BCUT2D eigenvalue weighted by molar-refractivity contribution is 5.22. The molecule has 1 atom stereocenters. The molecule has 2 nitrogen and oxygen atoms in total. The maximum Gasteiger partial charge on any atom is 0.159 e. The van der Waals surface area contributed by atoms with Crippen molar-refractivity contribution in [2.45, 2.75) is 26.3 Å². The van der Waals surface area contributed by atoms with Crippen LogP contribution in [0.15, 0.2) is 18.2 Å². The number of hydrogen-bond donors (Lipinski definition) is 2. The molecule has 16 heavy (non-hydrogen) atoms. The van der Waals surface area contributed by atoms with Crippen LogP contribution in [0.1, 0.15) is 31.9 Å². The first-order valence-electron chi connectivity index (χ1n) is 5.29. The first-order valence-corrected chi connectivity index (χ1v) is 5.29. The second-order valence-electron chi connectivity index (χ2n) is 4.68. The zero-order valence-corrected chi connectivity index (χ0v) is 9.63. The molecular formula is C12H18F2N2. The normalized spacial score (nSPS) is 13.9. The van der Waals surface area contributed by atoms with Gasteiger partial charge in [-0.1, -0.05) is 19.9 Å². The van der Waals surface area contributed by atoms with E-state index in [4.69, 9.17) is 11.5 Å². The minimum atomic E-state index is -0.864. The van der Waals surface area contributed by atoms with Gasteiger partial charge >= 0.3 is 0 Å². The standard InChI is InChI=1S/C12H18F2N2/c1-12(2,5-6-15)11(16)8-3-4-9(13)10(14)7-8/h3-4,7,11H,5-6,15-16H2,1-2H3. The van der Waals surface area contributed by atoms with Crippen molar-refractivity contribution < 1.29 is 8.78 Å². The van der Waals surface area contributed by atoms with Crippen molar-refractivity contribution in [1.29, 1.82) is 0 Å². The summed E-state index contributed by atoms with van der Waals surface area (Å²) in [6, 6.07) is 3.41. The van der Waals surface area contributed by atoms with E-state index >= 15 is 0 Å². The fourth-order valence-electron chi connectivity index (χ4n) is 1.68. The van der Waals surface area contributed by atoms with Crippen LogP contribution in [0.3, 0.4) is 0 Å². The van der Waals surface area contributed by atoms with Crippen LogP contribution in [0.4, 0.5) is 8.78 Å². The van der Waals surface area contributed by atoms with Crippen LogP contribution in [0, 0.1) is 17.0 Å². The lowest BCUT2D eigenvalue weighted by molar-refractivity contribution is 0.270. The second-order valence-corrected chi connectivity index (χ2v) is 4.68. The molecule has 0 amide bonds. The summed E-state index contributed by atoms with van der Waals surface area (Å²) in [6.45, 7) is 4.45. The van der Waals surface area contributed by atoms with Crippen molar-refractivity contribution in [3.05, 3.63) is 35.4 Å². The summed E-state index contributed by atoms with van der Waals surface area (Å²) >= 11 is 0. The molecule has 4 heteroatoms. The molecule has 0 aliphatic rings. The molecule has 0 saturated carbocycles. The lowest BCUT2D eigenvalue weighted by Gasteiger charge is -2.31. The minimum absolute atomic E-state index is 0.237. The molecule has 1 aromatic carbocycles. The van der Waals surface area contributed by atoms with E-state index in [0.29, 0.717) is 12.1 Å². The number of nitrogens with two attached hydrogens (primary N) is 2. The molecule has 4 N–H and O–H groups in total. The average Bonchev–Trinajstić information content (AvgIpc) is 2.21. The van der Waals surface area contributed by atoms with E-state index in [9.17, 15) is 8.78 Å². The fourth-order valence-corrected chi connectivity index (χ4v) is 1.68. The van der Waals surface area contributed by atoms with Crippen LogP contribution in [-0.4, -0.2) is 6.54 Å². The van der Waals surface area contributed by atoms with E-state index in [2.05, 4.69) is 0 Å². The van der Waals surface area contributed by atoms with Crippen molar-refractivity contribution in [1.82, 2.24) is 0 Å². The Morgan fingerprint density at radius 2 is 1.88 bits per heavy atom. The van der Waals surface area contributed by atoms with E-state index in [0.717, 1.165) is 18.6 Å². The Balaban J connectivity index is 2.95. The summed E-state index contributed by atoms with van der Waals surface area (Å²) in [5, 5.41) is 0. The molecule has 0 fully saturated rings. The van der Waals surface area contributed by atoms with Gasteiger partial charge < -0.3 is 11.5 Å². The van der Waals surface area contributed by atoms with Gasteiger partial charge in [0.05, 0.1) is 0 Å². The van der Waals surface area contributed by atoms with Gasteiger partial charge in [-0.3, -0.25) is 0 Å². The minimum Gasteiger partial charge on any atom is -0.330 e. The predicted molar refractivity (Wildman–Crippen MR) is 60.7 cm³/mol. The van der Waals surface area contributed by atoms with Crippen molar-refractivity contribution >= 4 is 0 Å². The second kappa shape index (κ2) is 4.89. The van der Waals surface area contributed by atoms with Gasteiger partial charge in [0, 0.05) is 6.04 Å². The third-order valence-corrected chi connectivity index (χ3v) is 2.93. The first kappa shape index (κ1) is 13.1. The number of hydrogen-bond acceptors (Lipinski definition) is 2. The van der Waals surface area contributed by atoms with E-state index in [1.54, 1.807) is 0 Å². The molecule has 90 valence electrons. The Bertz CT molecular complexity index is 364. The lowest BCUT2D eigenvalue weighted by Crippen LogP contribution is -2.31. The smallest absolute Gasteiger partial charge is 0.159 e. The largest absolute Gasteiger partial charge is 0.330 e. The zero-order chi connectivity index (χ0) is 12.3. The molecule has 0 spiro atoms. The molecule has 0 saturated heterocycles. The van der Waals surface area contributed by atoms with Gasteiger partial charge in [-0.05, 0) is 36.1 Å². The Labute approximate surface area is 94.6 Å². The quantitative estimate of drug-likeness (QED) is 0.831. The molecule has 0 radical (unpaired) electrons. The van der Waals surface area contributed by atoms with E-state index < -0.39 is 11.6 Å². The summed E-state index contributed by atoms with van der Waals surface area (Å²) in [5.74, 6) is -1.72. The highest BCUT2D eigenvalue weighted by Gasteiger charge is 2.27. The molecule has 0 aliphatic carbocycles. The van der Waals surface area contributed by atoms with E-state index in [-0.39, 0.29) is 11.5 Å². The van der Waals surface area contributed by atoms with Crippen LogP contribution in [0.5, 0.6) is 0 Å². The maximum absolute atomic E-state index is 13.1. The Hall–Kier alpha value is -1.00. The zero-order valence-electron chi connectivity index (χ0n) is 9.63. The Morgan fingerprint density at radius 3 is 2.38 bits per heavy atom. The molecular weight excluding hydrogens is 210 g/mol.